The van der Waals surface area contributed by atoms with Crippen LogP contribution in [0.1, 0.15) is 32.7 Å². The van der Waals surface area contributed by atoms with Crippen molar-refractivity contribution in [2.75, 3.05) is 5.73 Å². The fourth-order valence-electron chi connectivity index (χ4n) is 5.16. The third kappa shape index (κ3) is 5.42. The Labute approximate surface area is 256 Å². The van der Waals surface area contributed by atoms with Gasteiger partial charge in [0.2, 0.25) is 11.6 Å². The molecule has 234 valence electrons. The summed E-state index contributed by atoms with van der Waals surface area (Å²) in [5.74, 6) is -3.36. The van der Waals surface area contributed by atoms with Gasteiger partial charge < -0.3 is 15.2 Å². The minimum atomic E-state index is -3.22. The van der Waals surface area contributed by atoms with E-state index in [9.17, 15) is 31.9 Å². The van der Waals surface area contributed by atoms with Gasteiger partial charge in [-0.15, -0.1) is 0 Å². The Morgan fingerprint density at radius 2 is 1.78 bits per heavy atom. The summed E-state index contributed by atoms with van der Waals surface area (Å²) in [4.78, 5) is 44.1. The number of ketones is 1. The number of aromatic nitrogens is 5. The molecule has 11 nitrogen and oxygen atoms in total. The average Bonchev–Trinajstić information content (AvgIpc) is 3.57. The molecule has 2 aromatic carbocycles. The number of nitrogens with two attached hydrogens (primary N) is 1. The van der Waals surface area contributed by atoms with Crippen molar-refractivity contribution in [3.63, 3.8) is 0 Å². The summed E-state index contributed by atoms with van der Waals surface area (Å²) in [6, 6.07) is 8.57. The van der Waals surface area contributed by atoms with Crippen LogP contribution in [0.25, 0.3) is 17.5 Å². The Kier molecular flexibility index (Phi) is 7.51. The fraction of sp³-hybridized carbons (Fsp3) is 0.129. The fourth-order valence-corrected chi connectivity index (χ4v) is 5.16. The number of anilines is 1. The molecule has 0 saturated carbocycles. The van der Waals surface area contributed by atoms with Gasteiger partial charge in [0, 0.05) is 29.8 Å². The number of aromatic amines is 1. The Balaban J connectivity index is 1.29. The lowest BCUT2D eigenvalue weighted by atomic mass is 10.0. The number of carbonyl (C=O) groups excluding carboxylic acids is 1. The third-order valence-corrected chi connectivity index (χ3v) is 7.27. The number of nitrogens with one attached hydrogen (secondary N) is 1. The number of hydrogen-bond acceptors (Lipinski definition) is 8. The number of para-hydroxylation sites is 1. The monoisotopic (exact) mass is 634 g/mol. The van der Waals surface area contributed by atoms with Crippen molar-refractivity contribution < 1.29 is 31.8 Å². The van der Waals surface area contributed by atoms with Crippen LogP contribution in [0.3, 0.4) is 0 Å². The number of aryl methyl sites for hydroxylation is 2. The van der Waals surface area contributed by atoms with Gasteiger partial charge in [0.05, 0.1) is 29.3 Å². The van der Waals surface area contributed by atoms with Crippen molar-refractivity contribution in [1.82, 2.24) is 24.3 Å². The van der Waals surface area contributed by atoms with E-state index in [2.05, 4.69) is 15.1 Å². The van der Waals surface area contributed by atoms with Gasteiger partial charge >= 0.3 is 12.3 Å². The number of hydrogen-bond donors (Lipinski definition) is 2. The lowest BCUT2D eigenvalue weighted by Crippen LogP contribution is -2.30. The first-order valence-corrected chi connectivity index (χ1v) is 13.5. The van der Waals surface area contributed by atoms with Crippen molar-refractivity contribution in [2.24, 2.45) is 0 Å². The predicted octanol–water partition coefficient (Wildman–Crippen LogP) is 4.80. The van der Waals surface area contributed by atoms with E-state index in [4.69, 9.17) is 15.2 Å². The van der Waals surface area contributed by atoms with Crippen LogP contribution in [-0.4, -0.2) is 36.7 Å². The summed E-state index contributed by atoms with van der Waals surface area (Å²) in [5, 5.41) is 4.23. The molecule has 3 heterocycles. The Hall–Kier alpha value is -5.99. The maximum Gasteiger partial charge on any atom is 0.387 e. The van der Waals surface area contributed by atoms with E-state index in [1.807, 2.05) is 0 Å². The number of Topliss-reactive ketones (excluding diaryl/α,β-unsaturated/α-hetero) is 1. The molecule has 6 rings (SSSR count). The standard InChI is InChI=1S/C31H22F4N6O5/c1-14-6-26(46-28-20(32)4-3-5-21(28)33)37-13-23(14)41-29(36)19(12-38-41)27(43)18-8-16-10-22(24(45-30(34)35)11-17(16)9-18)40-15(2)7-25(42)39-31(40)44/h3-7,9-13,30H,8,36H2,1-2H3,(H,39,42,44). The quantitative estimate of drug-likeness (QED) is 0.183. The molecule has 0 spiro atoms. The van der Waals surface area contributed by atoms with E-state index in [-0.39, 0.29) is 46.4 Å². The van der Waals surface area contributed by atoms with Gasteiger partial charge in [0.1, 0.15) is 5.82 Å². The zero-order valence-electron chi connectivity index (χ0n) is 24.0. The lowest BCUT2D eigenvalue weighted by Gasteiger charge is -2.16. The summed E-state index contributed by atoms with van der Waals surface area (Å²) >= 11 is 0. The van der Waals surface area contributed by atoms with Crippen LogP contribution >= 0.6 is 0 Å². The highest BCUT2D eigenvalue weighted by Gasteiger charge is 2.27. The number of nitrogens with zero attached hydrogens (tertiary/aromatic N) is 4. The molecule has 0 radical (unpaired) electrons. The highest BCUT2D eigenvalue weighted by atomic mass is 19.3. The molecule has 1 aliphatic carbocycles. The van der Waals surface area contributed by atoms with E-state index in [1.165, 1.54) is 54.3 Å². The van der Waals surface area contributed by atoms with E-state index < -0.39 is 41.0 Å². The number of ether oxygens (including phenoxy) is 2. The molecular weight excluding hydrogens is 612 g/mol. The smallest absolute Gasteiger partial charge is 0.387 e. The van der Waals surface area contributed by atoms with Crippen LogP contribution in [0.2, 0.25) is 0 Å². The number of halogens is 4. The number of fused-ring (bicyclic) bond motifs is 1. The molecule has 0 bridgehead atoms. The number of alkyl halides is 2. The molecule has 3 aromatic heterocycles. The molecule has 0 unspecified atom stereocenters. The Morgan fingerprint density at radius 1 is 1.04 bits per heavy atom. The highest BCUT2D eigenvalue weighted by Crippen LogP contribution is 2.36. The van der Waals surface area contributed by atoms with Crippen LogP contribution in [-0.2, 0) is 6.42 Å². The minimum absolute atomic E-state index is 0.0293. The van der Waals surface area contributed by atoms with E-state index in [0.29, 0.717) is 22.4 Å². The van der Waals surface area contributed by atoms with Crippen LogP contribution in [0.4, 0.5) is 23.4 Å². The highest BCUT2D eigenvalue weighted by molar-refractivity contribution is 6.15. The first-order valence-electron chi connectivity index (χ1n) is 13.5. The van der Waals surface area contributed by atoms with Crippen molar-refractivity contribution >= 4 is 17.7 Å². The van der Waals surface area contributed by atoms with Gasteiger partial charge in [-0.3, -0.25) is 19.1 Å². The molecule has 1 aliphatic rings. The number of benzene rings is 2. The van der Waals surface area contributed by atoms with E-state index in [0.717, 1.165) is 22.8 Å². The SMILES string of the molecule is Cc1cc(Oc2c(F)cccc2F)ncc1-n1ncc(C(=O)C2=Cc3cc(OC(F)F)c(-n4c(C)cc(=O)[nH]c4=O)cc3C2)c1N. The van der Waals surface area contributed by atoms with Gasteiger partial charge in [-0.05, 0) is 60.9 Å². The minimum Gasteiger partial charge on any atom is -0.433 e. The predicted molar refractivity (Wildman–Crippen MR) is 157 cm³/mol. The first-order chi connectivity index (χ1) is 21.9. The molecule has 46 heavy (non-hydrogen) atoms. The maximum absolute atomic E-state index is 14.0. The van der Waals surface area contributed by atoms with Crippen molar-refractivity contribution in [3.8, 4) is 28.8 Å². The van der Waals surface area contributed by atoms with Gasteiger partial charge in [-0.25, -0.2) is 23.2 Å². The summed E-state index contributed by atoms with van der Waals surface area (Å²) in [5.41, 5.74) is 7.08. The van der Waals surface area contributed by atoms with Gasteiger partial charge in [0.25, 0.3) is 5.56 Å². The molecule has 5 aromatic rings. The molecule has 0 fully saturated rings. The maximum atomic E-state index is 14.0. The molecule has 0 atom stereocenters. The molecule has 0 aliphatic heterocycles. The number of allylic oxidation sites excluding steroid dienone is 1. The Morgan fingerprint density at radius 3 is 2.46 bits per heavy atom. The second-order valence-electron chi connectivity index (χ2n) is 10.3. The second kappa shape index (κ2) is 11.5. The summed E-state index contributed by atoms with van der Waals surface area (Å²) in [6.45, 7) is -0.0940. The average molecular weight is 635 g/mol. The second-order valence-corrected chi connectivity index (χ2v) is 10.3. The van der Waals surface area contributed by atoms with Crippen molar-refractivity contribution in [3.05, 3.63) is 121 Å². The number of pyridine rings is 1. The van der Waals surface area contributed by atoms with Crippen molar-refractivity contribution in [1.29, 1.82) is 0 Å². The van der Waals surface area contributed by atoms with Gasteiger partial charge in [-0.1, -0.05) is 6.07 Å². The van der Waals surface area contributed by atoms with E-state index in [1.54, 1.807) is 6.92 Å². The topological polar surface area (TPSA) is 147 Å². The largest absolute Gasteiger partial charge is 0.433 e. The van der Waals surface area contributed by atoms with Gasteiger partial charge in [0.15, 0.2) is 23.2 Å². The summed E-state index contributed by atoms with van der Waals surface area (Å²) < 4.78 is 67.0. The number of rotatable bonds is 8. The van der Waals surface area contributed by atoms with Crippen LogP contribution in [0.15, 0.2) is 70.0 Å². The molecule has 3 N–H and O–H groups in total. The normalized spacial score (nSPS) is 12.3. The molecular formula is C31H22F4N6O5. The Bertz CT molecular complexity index is 2180. The lowest BCUT2D eigenvalue weighted by molar-refractivity contribution is -0.0499. The number of nitrogen functional groups attached to an aromatic ring is 1. The van der Waals surface area contributed by atoms with Crippen molar-refractivity contribution in [2.45, 2.75) is 26.9 Å². The molecule has 0 saturated heterocycles. The zero-order valence-corrected chi connectivity index (χ0v) is 24.0. The van der Waals surface area contributed by atoms with Gasteiger partial charge in [-0.2, -0.15) is 13.9 Å². The molecule has 15 heteroatoms. The van der Waals surface area contributed by atoms with Crippen LogP contribution in [0, 0.1) is 25.5 Å². The van der Waals surface area contributed by atoms with Crippen LogP contribution < -0.4 is 26.5 Å². The summed E-state index contributed by atoms with van der Waals surface area (Å²) in [7, 11) is 0. The first kappa shape index (κ1) is 30.1. The van der Waals surface area contributed by atoms with E-state index >= 15 is 0 Å². The third-order valence-electron chi connectivity index (χ3n) is 7.27. The summed E-state index contributed by atoms with van der Waals surface area (Å²) in [6.07, 6.45) is 4.15. The zero-order chi connectivity index (χ0) is 32.9. The number of H-pyrrole nitrogens is 1. The number of carbonyl (C=O) groups is 1. The molecule has 0 amide bonds. The van der Waals surface area contributed by atoms with Crippen LogP contribution in [0.5, 0.6) is 17.4 Å².